The van der Waals surface area contributed by atoms with Crippen LogP contribution >= 0.6 is 0 Å². The fraction of sp³-hybridized carbons (Fsp3) is 0.263. The molecule has 3 rings (SSSR count). The Hall–Kier alpha value is -0.606. The molecule has 0 amide bonds. The predicted octanol–water partition coefficient (Wildman–Crippen LogP) is -2.39. The van der Waals surface area contributed by atoms with Gasteiger partial charge in [-0.05, 0) is 53.6 Å². The van der Waals surface area contributed by atoms with Crippen LogP contribution in [-0.4, -0.2) is 30.6 Å². The minimum atomic E-state index is 0. The summed E-state index contributed by atoms with van der Waals surface area (Å²) in [4.78, 5) is 2.18. The average Bonchev–Trinajstić information content (AvgIpc) is 2.93. The van der Waals surface area contributed by atoms with E-state index in [1.54, 1.807) is 0 Å². The summed E-state index contributed by atoms with van der Waals surface area (Å²) in [6, 6.07) is 12.5. The zero-order chi connectivity index (χ0) is 14.8. The molecule has 126 valence electrons. The minimum Gasteiger partial charge on any atom is -1.00 e. The van der Waals surface area contributed by atoms with Crippen LogP contribution < -0.4 is 24.8 Å². The molecule has 2 aromatic carbocycles. The Balaban J connectivity index is 0.00000176. The van der Waals surface area contributed by atoms with Gasteiger partial charge in [0.05, 0.1) is 6.61 Å². The molecule has 1 aliphatic carbocycles. The van der Waals surface area contributed by atoms with Crippen molar-refractivity contribution in [1.82, 2.24) is 4.90 Å². The van der Waals surface area contributed by atoms with Crippen LogP contribution in [0.1, 0.15) is 17.5 Å². The Kier molecular flexibility index (Phi) is 10.1. The van der Waals surface area contributed by atoms with Gasteiger partial charge in [-0.3, -0.25) is 0 Å². The maximum absolute atomic E-state index is 9.84. The van der Waals surface area contributed by atoms with Gasteiger partial charge in [-0.25, -0.2) is 0 Å². The molecule has 0 heterocycles. The van der Waals surface area contributed by atoms with Crippen molar-refractivity contribution in [2.24, 2.45) is 0 Å². The van der Waals surface area contributed by atoms with Crippen molar-refractivity contribution in [2.75, 3.05) is 20.6 Å². The molecule has 0 saturated carbocycles. The molecule has 0 fully saturated rings. The number of nitrogens with zero attached hydrogens (tertiary/aromatic N) is 1. The van der Waals surface area contributed by atoms with Gasteiger partial charge in [-0.1, -0.05) is 48.6 Å². The van der Waals surface area contributed by atoms with E-state index in [-0.39, 0.29) is 53.1 Å². The molecule has 1 N–H and O–H groups in total. The summed E-state index contributed by atoms with van der Waals surface area (Å²) < 4.78 is 0. The molecule has 2 nitrogen and oxygen atoms in total. The summed E-state index contributed by atoms with van der Waals surface area (Å²) in [5, 5.41) is 12.2. The summed E-state index contributed by atoms with van der Waals surface area (Å²) >= 11 is 0. The van der Waals surface area contributed by atoms with Crippen LogP contribution in [0.3, 0.4) is 0 Å². The van der Waals surface area contributed by atoms with Gasteiger partial charge in [-0.2, -0.15) is 0 Å². The summed E-state index contributed by atoms with van der Waals surface area (Å²) in [6.07, 6.45) is 5.50. The summed E-state index contributed by atoms with van der Waals surface area (Å²) in [7, 11) is 4.17. The molecule has 0 unspecified atom stereocenters. The van der Waals surface area contributed by atoms with Crippen molar-refractivity contribution in [1.29, 1.82) is 0 Å². The van der Waals surface area contributed by atoms with Gasteiger partial charge >= 0.3 is 21.7 Å². The van der Waals surface area contributed by atoms with E-state index < -0.39 is 0 Å². The summed E-state index contributed by atoms with van der Waals surface area (Å²) in [6.45, 7) is 1.04. The van der Waals surface area contributed by atoms with Crippen LogP contribution in [0.25, 0.3) is 16.3 Å². The maximum atomic E-state index is 9.84. The Morgan fingerprint density at radius 1 is 1.04 bits per heavy atom. The van der Waals surface area contributed by atoms with E-state index in [1.807, 2.05) is 12.1 Å². The van der Waals surface area contributed by atoms with Crippen LogP contribution in [0.2, 0.25) is 0 Å². The van der Waals surface area contributed by atoms with Crippen molar-refractivity contribution >= 4 is 16.3 Å². The van der Waals surface area contributed by atoms with E-state index in [0.717, 1.165) is 23.9 Å². The van der Waals surface area contributed by atoms with Crippen molar-refractivity contribution in [3.05, 3.63) is 65.3 Å². The Bertz CT molecular complexity index is 741. The van der Waals surface area contributed by atoms with Gasteiger partial charge in [-0.15, -0.1) is 0 Å². The van der Waals surface area contributed by atoms with Crippen molar-refractivity contribution in [3.8, 4) is 0 Å². The van der Waals surface area contributed by atoms with Gasteiger partial charge < -0.3 is 34.8 Å². The Morgan fingerprint density at radius 3 is 2.42 bits per heavy atom. The summed E-state index contributed by atoms with van der Waals surface area (Å²) in [5.74, 6) is 0. The van der Waals surface area contributed by atoms with E-state index in [9.17, 15) is 5.11 Å². The number of allylic oxidation sites excluding steroid dienone is 2. The van der Waals surface area contributed by atoms with E-state index in [4.69, 9.17) is 0 Å². The van der Waals surface area contributed by atoms with Crippen LogP contribution in [0.15, 0.2) is 54.1 Å². The molecule has 0 radical (unpaired) electrons. The second kappa shape index (κ2) is 10.4. The van der Waals surface area contributed by atoms with Crippen molar-refractivity contribution in [3.63, 3.8) is 0 Å². The summed E-state index contributed by atoms with van der Waals surface area (Å²) in [5.41, 5.74) is 4.88. The molecule has 5 heteroatoms. The normalized spacial score (nSPS) is 12.8. The molecule has 0 aliphatic heterocycles. The van der Waals surface area contributed by atoms with E-state index in [1.165, 1.54) is 22.1 Å². The molecule has 0 saturated heterocycles. The zero-order valence-corrected chi connectivity index (χ0v) is 17.0. The quantitative estimate of drug-likeness (QED) is 0.582. The second-order valence-electron chi connectivity index (χ2n) is 5.86. The first-order valence-corrected chi connectivity index (χ1v) is 7.35. The standard InChI is InChI=1S/C19H21NO.2ClH.Ti/c1-20(2)12-14-7-8-16(11-14)18-10-9-15-5-3-4-6-17(15)19(18)13-21;;;/h3-7,9-11,21H,8,12-13H2,1-2H3;2*1H;/q;;;+2/p-2. The number of benzene rings is 2. The first kappa shape index (κ1) is 23.4. The van der Waals surface area contributed by atoms with Crippen LogP contribution in [-0.2, 0) is 28.3 Å². The number of aliphatic hydroxyl groups is 1. The Labute approximate surface area is 171 Å². The van der Waals surface area contributed by atoms with Crippen LogP contribution in [0.4, 0.5) is 0 Å². The second-order valence-corrected chi connectivity index (χ2v) is 5.86. The smallest absolute Gasteiger partial charge is 1.00 e. The predicted molar refractivity (Wildman–Crippen MR) is 89.1 cm³/mol. The fourth-order valence-corrected chi connectivity index (χ4v) is 3.05. The number of likely N-dealkylation sites (N-methyl/N-ethyl adjacent to an activating group) is 1. The van der Waals surface area contributed by atoms with E-state index in [2.05, 4.69) is 55.4 Å². The van der Waals surface area contributed by atoms with Gasteiger partial charge in [0.25, 0.3) is 0 Å². The van der Waals surface area contributed by atoms with Gasteiger partial charge in [0, 0.05) is 6.54 Å². The van der Waals surface area contributed by atoms with Gasteiger partial charge in [0.2, 0.25) is 0 Å². The number of fused-ring (bicyclic) bond motifs is 1. The van der Waals surface area contributed by atoms with Crippen LogP contribution in [0, 0.1) is 0 Å². The van der Waals surface area contributed by atoms with E-state index >= 15 is 0 Å². The number of hydrogen-bond donors (Lipinski definition) is 1. The third kappa shape index (κ3) is 4.95. The van der Waals surface area contributed by atoms with Crippen LogP contribution in [0.5, 0.6) is 0 Å². The first-order valence-electron chi connectivity index (χ1n) is 7.35. The monoisotopic (exact) mass is 397 g/mol. The number of hydrogen-bond acceptors (Lipinski definition) is 2. The molecular formula is C19H21Cl2NOTi. The van der Waals surface area contributed by atoms with Gasteiger partial charge in [0.15, 0.2) is 0 Å². The topological polar surface area (TPSA) is 23.5 Å². The molecule has 0 spiro atoms. The number of halogens is 2. The van der Waals surface area contributed by atoms with Crippen molar-refractivity contribution in [2.45, 2.75) is 13.0 Å². The third-order valence-corrected chi connectivity index (χ3v) is 3.99. The molecular weight excluding hydrogens is 377 g/mol. The molecule has 24 heavy (non-hydrogen) atoms. The molecule has 1 aliphatic rings. The SMILES string of the molecule is CN(C)CC1=CCC(c2ccc3ccccc3c2CO)=C1.[Cl-].[Cl-].[Ti+2]. The molecule has 0 bridgehead atoms. The van der Waals surface area contributed by atoms with Gasteiger partial charge in [0.1, 0.15) is 0 Å². The fourth-order valence-electron chi connectivity index (χ4n) is 3.05. The minimum absolute atomic E-state index is 0. The molecule has 0 aromatic heterocycles. The zero-order valence-electron chi connectivity index (χ0n) is 13.9. The largest absolute Gasteiger partial charge is 2.00 e. The Morgan fingerprint density at radius 2 is 1.75 bits per heavy atom. The number of rotatable bonds is 4. The van der Waals surface area contributed by atoms with E-state index in [0.29, 0.717) is 0 Å². The molecule has 0 atom stereocenters. The first-order chi connectivity index (χ1) is 10.2. The van der Waals surface area contributed by atoms with Crippen molar-refractivity contribution < 1.29 is 51.6 Å². The number of aliphatic hydroxyl groups excluding tert-OH is 1. The molecule has 2 aromatic rings. The third-order valence-electron chi connectivity index (χ3n) is 3.99. The maximum Gasteiger partial charge on any atom is 2.00 e. The average molecular weight is 398 g/mol.